The third kappa shape index (κ3) is 3.86. The van der Waals surface area contributed by atoms with Gasteiger partial charge in [0, 0.05) is 43.3 Å². The minimum atomic E-state index is -0.406. The lowest BCUT2D eigenvalue weighted by molar-refractivity contribution is -0.384. The minimum absolute atomic E-state index is 0.0358. The normalized spacial score (nSPS) is 13.8. The third-order valence-electron chi connectivity index (χ3n) is 3.06. The van der Waals surface area contributed by atoms with Crippen LogP contribution in [0.1, 0.15) is 6.42 Å². The average molecular weight is 278 g/mol. The predicted molar refractivity (Wildman–Crippen MR) is 75.8 cm³/mol. The number of hydrogen-bond acceptors (Lipinski definition) is 6. The molecule has 0 radical (unpaired) electrons. The molecule has 0 spiro atoms. The lowest BCUT2D eigenvalue weighted by Gasteiger charge is -2.19. The first-order valence-corrected chi connectivity index (χ1v) is 6.44. The maximum atomic E-state index is 10.5. The van der Waals surface area contributed by atoms with E-state index in [1.165, 1.54) is 12.1 Å². The zero-order valence-electron chi connectivity index (χ0n) is 11.1. The van der Waals surface area contributed by atoms with Crippen molar-refractivity contribution in [3.05, 3.63) is 46.8 Å². The van der Waals surface area contributed by atoms with Crippen LogP contribution in [0.2, 0.25) is 0 Å². The van der Waals surface area contributed by atoms with Crippen molar-refractivity contribution in [3.63, 3.8) is 0 Å². The second-order valence-electron chi connectivity index (χ2n) is 4.57. The highest BCUT2D eigenvalue weighted by atomic mass is 16.6. The molecule has 0 unspecified atom stereocenters. The second kappa shape index (κ2) is 6.76. The standard InChI is InChI=1S/C13H18N4O3/c18-11-16-9-8-15(10-16)7-1-6-14-12-2-4-13(5-3-12)17(19)20/h2-5,8-9,14,18H,1,6-7,10-11H2. The van der Waals surface area contributed by atoms with Crippen LogP contribution in [0.15, 0.2) is 36.7 Å². The molecule has 0 amide bonds. The number of aliphatic hydroxyl groups is 1. The number of nitro benzene ring substituents is 1. The summed E-state index contributed by atoms with van der Waals surface area (Å²) < 4.78 is 0. The van der Waals surface area contributed by atoms with Crippen LogP contribution in [0, 0.1) is 10.1 Å². The monoisotopic (exact) mass is 278 g/mol. The molecule has 0 atom stereocenters. The van der Waals surface area contributed by atoms with E-state index in [0.29, 0.717) is 6.67 Å². The van der Waals surface area contributed by atoms with Crippen LogP contribution >= 0.6 is 0 Å². The fourth-order valence-corrected chi connectivity index (χ4v) is 1.97. The first kappa shape index (κ1) is 14.1. The maximum Gasteiger partial charge on any atom is 0.269 e. The highest BCUT2D eigenvalue weighted by Crippen LogP contribution is 2.15. The van der Waals surface area contributed by atoms with Gasteiger partial charge < -0.3 is 20.2 Å². The predicted octanol–water partition coefficient (Wildman–Crippen LogP) is 1.39. The van der Waals surface area contributed by atoms with Gasteiger partial charge in [-0.15, -0.1) is 0 Å². The molecule has 1 heterocycles. The molecule has 20 heavy (non-hydrogen) atoms. The maximum absolute atomic E-state index is 10.5. The van der Waals surface area contributed by atoms with Crippen LogP contribution < -0.4 is 5.32 Å². The summed E-state index contributed by atoms with van der Waals surface area (Å²) in [5.74, 6) is 0. The third-order valence-corrected chi connectivity index (χ3v) is 3.06. The van der Waals surface area contributed by atoms with E-state index in [9.17, 15) is 10.1 Å². The van der Waals surface area contributed by atoms with Gasteiger partial charge in [-0.1, -0.05) is 0 Å². The van der Waals surface area contributed by atoms with Crippen LogP contribution in [-0.2, 0) is 0 Å². The number of hydrogen-bond donors (Lipinski definition) is 2. The Kier molecular flexibility index (Phi) is 4.78. The van der Waals surface area contributed by atoms with Crippen molar-refractivity contribution in [2.75, 3.05) is 31.8 Å². The molecule has 1 aromatic rings. The molecule has 0 saturated heterocycles. The average Bonchev–Trinajstić information content (AvgIpc) is 2.92. The number of benzene rings is 1. The number of non-ortho nitro benzene ring substituents is 1. The Morgan fingerprint density at radius 1 is 1.25 bits per heavy atom. The van der Waals surface area contributed by atoms with Gasteiger partial charge in [-0.25, -0.2) is 0 Å². The van der Waals surface area contributed by atoms with Gasteiger partial charge in [-0.2, -0.15) is 0 Å². The van der Waals surface area contributed by atoms with Crippen molar-refractivity contribution >= 4 is 11.4 Å². The van der Waals surface area contributed by atoms with Gasteiger partial charge in [0.15, 0.2) is 0 Å². The molecule has 0 fully saturated rings. The van der Waals surface area contributed by atoms with E-state index in [4.69, 9.17) is 5.11 Å². The summed E-state index contributed by atoms with van der Waals surface area (Å²) in [7, 11) is 0. The number of nitrogens with one attached hydrogen (secondary N) is 1. The Balaban J connectivity index is 1.66. The highest BCUT2D eigenvalue weighted by Gasteiger charge is 2.09. The summed E-state index contributed by atoms with van der Waals surface area (Å²) in [6.07, 6.45) is 4.77. The molecule has 7 nitrogen and oxygen atoms in total. The SMILES string of the molecule is O=[N+]([O-])c1ccc(NCCCN2C=CN(CO)C2)cc1. The van der Waals surface area contributed by atoms with E-state index in [0.717, 1.165) is 25.2 Å². The number of anilines is 1. The summed E-state index contributed by atoms with van der Waals surface area (Å²) in [4.78, 5) is 14.0. The van der Waals surface area contributed by atoms with E-state index < -0.39 is 4.92 Å². The molecule has 2 N–H and O–H groups in total. The molecule has 1 aliphatic heterocycles. The van der Waals surface area contributed by atoms with Crippen LogP contribution in [0.3, 0.4) is 0 Å². The summed E-state index contributed by atoms with van der Waals surface area (Å²) in [6, 6.07) is 6.40. The molecule has 7 heteroatoms. The van der Waals surface area contributed by atoms with Gasteiger partial charge in [0.1, 0.15) is 6.73 Å². The van der Waals surface area contributed by atoms with Crippen molar-refractivity contribution in [2.24, 2.45) is 0 Å². The fourth-order valence-electron chi connectivity index (χ4n) is 1.97. The molecule has 0 saturated carbocycles. The number of rotatable bonds is 7. The van der Waals surface area contributed by atoms with E-state index in [1.807, 2.05) is 17.3 Å². The van der Waals surface area contributed by atoms with Crippen molar-refractivity contribution in [1.82, 2.24) is 9.80 Å². The van der Waals surface area contributed by atoms with Crippen LogP contribution in [0.5, 0.6) is 0 Å². The van der Waals surface area contributed by atoms with Crippen LogP contribution in [0.4, 0.5) is 11.4 Å². The Hall–Kier alpha value is -2.28. The lowest BCUT2D eigenvalue weighted by atomic mass is 10.3. The molecular formula is C13H18N4O3. The second-order valence-corrected chi connectivity index (χ2v) is 4.57. The summed E-state index contributed by atoms with van der Waals surface area (Å²) in [6.45, 7) is 2.44. The van der Waals surface area contributed by atoms with Gasteiger partial charge in [-0.05, 0) is 18.6 Å². The van der Waals surface area contributed by atoms with E-state index in [1.54, 1.807) is 12.1 Å². The Bertz CT molecular complexity index is 475. The molecule has 0 bridgehead atoms. The molecule has 1 aliphatic rings. The minimum Gasteiger partial charge on any atom is -0.385 e. The Morgan fingerprint density at radius 3 is 2.55 bits per heavy atom. The number of aliphatic hydroxyl groups excluding tert-OH is 1. The van der Waals surface area contributed by atoms with Crippen LogP contribution in [0.25, 0.3) is 0 Å². The molecular weight excluding hydrogens is 260 g/mol. The topological polar surface area (TPSA) is 81.9 Å². The molecule has 2 rings (SSSR count). The van der Waals surface area contributed by atoms with E-state index in [2.05, 4.69) is 10.2 Å². The highest BCUT2D eigenvalue weighted by molar-refractivity contribution is 5.48. The number of nitrogens with zero attached hydrogens (tertiary/aromatic N) is 3. The van der Waals surface area contributed by atoms with Crippen LogP contribution in [-0.4, -0.2) is 46.3 Å². The largest absolute Gasteiger partial charge is 0.385 e. The van der Waals surface area contributed by atoms with Crippen molar-refractivity contribution in [1.29, 1.82) is 0 Å². The van der Waals surface area contributed by atoms with E-state index in [-0.39, 0.29) is 12.4 Å². The molecule has 1 aromatic carbocycles. The van der Waals surface area contributed by atoms with Gasteiger partial charge >= 0.3 is 0 Å². The molecule has 0 aromatic heterocycles. The smallest absolute Gasteiger partial charge is 0.269 e. The molecule has 0 aliphatic carbocycles. The zero-order valence-corrected chi connectivity index (χ0v) is 11.1. The fraction of sp³-hybridized carbons (Fsp3) is 0.385. The van der Waals surface area contributed by atoms with Crippen molar-refractivity contribution in [2.45, 2.75) is 6.42 Å². The number of nitro groups is 1. The first-order valence-electron chi connectivity index (χ1n) is 6.44. The van der Waals surface area contributed by atoms with Gasteiger partial charge in [-0.3, -0.25) is 10.1 Å². The quantitative estimate of drug-likeness (QED) is 0.445. The zero-order chi connectivity index (χ0) is 14.4. The van der Waals surface area contributed by atoms with Gasteiger partial charge in [0.25, 0.3) is 5.69 Å². The Morgan fingerprint density at radius 2 is 1.95 bits per heavy atom. The lowest BCUT2D eigenvalue weighted by Crippen LogP contribution is -2.27. The Labute approximate surface area is 117 Å². The van der Waals surface area contributed by atoms with Gasteiger partial charge in [0.05, 0.1) is 11.6 Å². The van der Waals surface area contributed by atoms with Gasteiger partial charge in [0.2, 0.25) is 0 Å². The van der Waals surface area contributed by atoms with Crippen molar-refractivity contribution < 1.29 is 10.0 Å². The van der Waals surface area contributed by atoms with E-state index >= 15 is 0 Å². The summed E-state index contributed by atoms with van der Waals surface area (Å²) in [5, 5.41) is 22.7. The summed E-state index contributed by atoms with van der Waals surface area (Å²) >= 11 is 0. The van der Waals surface area contributed by atoms with Crippen molar-refractivity contribution in [3.8, 4) is 0 Å². The molecule has 108 valence electrons. The first-order chi connectivity index (χ1) is 9.69. The summed E-state index contributed by atoms with van der Waals surface area (Å²) in [5.41, 5.74) is 0.978.